The smallest absolute Gasteiger partial charge is 0.290 e. The minimum absolute atomic E-state index is 0.0780. The summed E-state index contributed by atoms with van der Waals surface area (Å²) < 4.78 is 5.88. The van der Waals surface area contributed by atoms with Gasteiger partial charge in [-0.25, -0.2) is 0 Å². The lowest BCUT2D eigenvalue weighted by Gasteiger charge is -2.27. The maximum absolute atomic E-state index is 13.3. The van der Waals surface area contributed by atoms with Crippen molar-refractivity contribution in [2.75, 3.05) is 0 Å². The number of amides is 1. The lowest BCUT2D eigenvalue weighted by Crippen LogP contribution is -2.30. The highest BCUT2D eigenvalue weighted by Gasteiger charge is 2.43. The van der Waals surface area contributed by atoms with Crippen LogP contribution in [0.5, 0.6) is 11.5 Å². The van der Waals surface area contributed by atoms with Crippen LogP contribution in [0.3, 0.4) is 0 Å². The molecule has 1 aliphatic heterocycles. The van der Waals surface area contributed by atoms with Crippen molar-refractivity contribution >= 4 is 11.7 Å². The van der Waals surface area contributed by atoms with Gasteiger partial charge in [0.1, 0.15) is 17.1 Å². The second-order valence-electron chi connectivity index (χ2n) is 9.96. The summed E-state index contributed by atoms with van der Waals surface area (Å²) in [5.74, 6) is -0.592. The Morgan fingerprint density at radius 1 is 0.889 bits per heavy atom. The Bertz CT molecular complexity index is 1260. The number of rotatable bonds is 8. The number of benzene rings is 3. The van der Waals surface area contributed by atoms with Crippen molar-refractivity contribution in [3.8, 4) is 11.5 Å². The summed E-state index contributed by atoms with van der Waals surface area (Å²) >= 11 is 0. The molecule has 1 aliphatic rings. The van der Waals surface area contributed by atoms with E-state index >= 15 is 0 Å². The van der Waals surface area contributed by atoms with Gasteiger partial charge in [-0.2, -0.15) is 0 Å². The van der Waals surface area contributed by atoms with E-state index < -0.39 is 17.7 Å². The number of aromatic hydroxyl groups is 1. The summed E-state index contributed by atoms with van der Waals surface area (Å²) in [6, 6.07) is 22.7. The molecule has 36 heavy (non-hydrogen) atoms. The summed E-state index contributed by atoms with van der Waals surface area (Å²) in [4.78, 5) is 28.0. The average Bonchev–Trinajstić information content (AvgIpc) is 3.09. The number of aliphatic hydroxyl groups is 1. The Morgan fingerprint density at radius 2 is 1.53 bits per heavy atom. The highest BCUT2D eigenvalue weighted by molar-refractivity contribution is 6.09. The molecule has 4 rings (SSSR count). The van der Waals surface area contributed by atoms with E-state index in [-0.39, 0.29) is 35.7 Å². The quantitative estimate of drug-likeness (QED) is 0.429. The number of ether oxygens (including phenoxy) is 1. The lowest BCUT2D eigenvalue weighted by molar-refractivity contribution is -0.130. The fraction of sp³-hybridized carbons (Fsp3) is 0.267. The molecule has 3 aromatic rings. The molecule has 1 heterocycles. The number of Topliss-reactive ketones (excluding diaryl/α,β-unsaturated/α-hetero) is 1. The highest BCUT2D eigenvalue weighted by atomic mass is 16.5. The van der Waals surface area contributed by atoms with Gasteiger partial charge in [-0.15, -0.1) is 0 Å². The number of carbonyl (C=O) groups is 2. The first kappa shape index (κ1) is 25.0. The second-order valence-corrected chi connectivity index (χ2v) is 9.96. The fourth-order valence-electron chi connectivity index (χ4n) is 4.36. The number of aryl methyl sites for hydroxylation is 1. The molecule has 0 saturated heterocycles. The monoisotopic (exact) mass is 485 g/mol. The van der Waals surface area contributed by atoms with Crippen molar-refractivity contribution < 1.29 is 24.5 Å². The Hall–Kier alpha value is -4.06. The van der Waals surface area contributed by atoms with E-state index in [0.717, 1.165) is 11.1 Å². The molecule has 6 heteroatoms. The van der Waals surface area contributed by atoms with Crippen LogP contribution in [-0.2, 0) is 22.6 Å². The van der Waals surface area contributed by atoms with Crippen molar-refractivity contribution in [3.05, 3.63) is 107 Å². The third kappa shape index (κ3) is 5.77. The van der Waals surface area contributed by atoms with Crippen molar-refractivity contribution in [3.63, 3.8) is 0 Å². The van der Waals surface area contributed by atoms with Gasteiger partial charge in [-0.05, 0) is 68.1 Å². The zero-order valence-corrected chi connectivity index (χ0v) is 20.8. The summed E-state index contributed by atoms with van der Waals surface area (Å²) in [6.45, 7) is 6.10. The largest absolute Gasteiger partial charge is 0.508 e. The van der Waals surface area contributed by atoms with Crippen LogP contribution in [0, 0.1) is 0 Å². The van der Waals surface area contributed by atoms with E-state index in [9.17, 15) is 19.8 Å². The Morgan fingerprint density at radius 3 is 2.14 bits per heavy atom. The first-order valence-electron chi connectivity index (χ1n) is 12.0. The van der Waals surface area contributed by atoms with Gasteiger partial charge < -0.3 is 19.8 Å². The van der Waals surface area contributed by atoms with Crippen LogP contribution in [0.25, 0.3) is 0 Å². The zero-order valence-electron chi connectivity index (χ0n) is 20.8. The summed E-state index contributed by atoms with van der Waals surface area (Å²) in [7, 11) is 0. The number of hydrogen-bond acceptors (Lipinski definition) is 5. The summed E-state index contributed by atoms with van der Waals surface area (Å²) in [6.07, 6.45) is 0.667. The van der Waals surface area contributed by atoms with Crippen molar-refractivity contribution in [2.45, 2.75) is 51.8 Å². The van der Waals surface area contributed by atoms with Gasteiger partial charge in [0.2, 0.25) is 0 Å². The predicted octanol–water partition coefficient (Wildman–Crippen LogP) is 5.67. The topological polar surface area (TPSA) is 87.1 Å². The molecular weight excluding hydrogens is 454 g/mol. The molecule has 6 nitrogen and oxygen atoms in total. The van der Waals surface area contributed by atoms with Crippen LogP contribution in [-0.4, -0.2) is 32.4 Å². The van der Waals surface area contributed by atoms with E-state index in [1.54, 1.807) is 12.1 Å². The van der Waals surface area contributed by atoms with Crippen molar-refractivity contribution in [2.24, 2.45) is 0 Å². The molecule has 3 aromatic carbocycles. The van der Waals surface area contributed by atoms with Gasteiger partial charge >= 0.3 is 0 Å². The van der Waals surface area contributed by atoms with Crippen LogP contribution in [0.1, 0.15) is 49.9 Å². The van der Waals surface area contributed by atoms with Crippen molar-refractivity contribution in [1.29, 1.82) is 0 Å². The Balaban J connectivity index is 1.61. The van der Waals surface area contributed by atoms with E-state index in [0.29, 0.717) is 17.7 Å². The number of ketones is 1. The number of carbonyl (C=O) groups excluding carboxylic acids is 2. The van der Waals surface area contributed by atoms with E-state index in [4.69, 9.17) is 4.74 Å². The number of aliphatic hydroxyl groups excluding tert-OH is 1. The van der Waals surface area contributed by atoms with Crippen LogP contribution >= 0.6 is 0 Å². The molecule has 0 saturated carbocycles. The first-order chi connectivity index (χ1) is 17.1. The van der Waals surface area contributed by atoms with Gasteiger partial charge in [0.25, 0.3) is 5.91 Å². The van der Waals surface area contributed by atoms with Crippen LogP contribution in [0.2, 0.25) is 0 Å². The van der Waals surface area contributed by atoms with Gasteiger partial charge in [-0.3, -0.25) is 9.59 Å². The van der Waals surface area contributed by atoms with Crippen LogP contribution in [0.15, 0.2) is 90.2 Å². The molecule has 186 valence electrons. The summed E-state index contributed by atoms with van der Waals surface area (Å²) in [5, 5.41) is 20.6. The zero-order chi connectivity index (χ0) is 25.9. The van der Waals surface area contributed by atoms with E-state index in [1.165, 1.54) is 17.0 Å². The molecule has 0 bridgehead atoms. The normalized spacial score (nSPS) is 15.9. The molecule has 0 radical (unpaired) electrons. The third-order valence-corrected chi connectivity index (χ3v) is 6.00. The van der Waals surface area contributed by atoms with E-state index in [1.807, 2.05) is 75.4 Å². The molecule has 0 spiro atoms. The van der Waals surface area contributed by atoms with Crippen LogP contribution in [0.4, 0.5) is 0 Å². The van der Waals surface area contributed by atoms with Gasteiger partial charge in [0, 0.05) is 13.0 Å². The van der Waals surface area contributed by atoms with E-state index in [2.05, 4.69) is 0 Å². The minimum atomic E-state index is -0.758. The SMILES string of the molecule is CC(C)(C)Oc1ccc(CN2C(=O)C(O)=C(C(=O)CCc3ccccc3)C2c2ccc(O)cc2)cc1. The maximum atomic E-state index is 13.3. The highest BCUT2D eigenvalue weighted by Crippen LogP contribution is 2.40. The Kier molecular flexibility index (Phi) is 7.15. The molecule has 0 fully saturated rings. The molecule has 0 aromatic heterocycles. The second kappa shape index (κ2) is 10.3. The predicted molar refractivity (Wildman–Crippen MR) is 138 cm³/mol. The molecule has 2 N–H and O–H groups in total. The van der Waals surface area contributed by atoms with Gasteiger partial charge in [0.15, 0.2) is 11.5 Å². The number of phenols is 1. The van der Waals surface area contributed by atoms with Gasteiger partial charge in [-0.1, -0.05) is 54.6 Å². The molecule has 1 unspecified atom stereocenters. The standard InChI is InChI=1S/C30H31NO5/c1-30(2,3)36-24-16-9-21(10-17-24)19-31-27(22-12-14-23(32)15-13-22)26(28(34)29(31)35)25(33)18-11-20-7-5-4-6-8-20/h4-10,12-17,27,32,34H,11,18-19H2,1-3H3. The minimum Gasteiger partial charge on any atom is -0.508 e. The Labute approximate surface area is 211 Å². The maximum Gasteiger partial charge on any atom is 0.290 e. The molecule has 1 amide bonds. The first-order valence-corrected chi connectivity index (χ1v) is 12.0. The average molecular weight is 486 g/mol. The van der Waals surface area contributed by atoms with Crippen LogP contribution < -0.4 is 4.74 Å². The number of phenolic OH excluding ortho intramolecular Hbond substituents is 1. The fourth-order valence-corrected chi connectivity index (χ4v) is 4.36. The molecule has 0 aliphatic carbocycles. The number of nitrogens with zero attached hydrogens (tertiary/aromatic N) is 1. The number of hydrogen-bond donors (Lipinski definition) is 2. The van der Waals surface area contributed by atoms with Gasteiger partial charge in [0.05, 0.1) is 11.6 Å². The van der Waals surface area contributed by atoms with Crippen molar-refractivity contribution in [1.82, 2.24) is 4.90 Å². The lowest BCUT2D eigenvalue weighted by atomic mass is 9.93. The summed E-state index contributed by atoms with van der Waals surface area (Å²) in [5.41, 5.74) is 2.24. The third-order valence-electron chi connectivity index (χ3n) is 6.00. The molecule has 1 atom stereocenters. The molecular formula is C30H31NO5.